The first kappa shape index (κ1) is 25.1. The topological polar surface area (TPSA) is 83.1 Å². The summed E-state index contributed by atoms with van der Waals surface area (Å²) >= 11 is 1.41. The molecule has 2 rings (SSSR count). The molecule has 150 valence electrons. The molecule has 1 atom stereocenters. The van der Waals surface area contributed by atoms with E-state index >= 15 is 0 Å². The molecule has 9 heteroatoms. The zero-order valence-electron chi connectivity index (χ0n) is 15.4. The summed E-state index contributed by atoms with van der Waals surface area (Å²) in [6.07, 6.45) is 7.73. The third-order valence-corrected chi connectivity index (χ3v) is 5.45. The summed E-state index contributed by atoms with van der Waals surface area (Å²) in [6.45, 7) is 2.63. The van der Waals surface area contributed by atoms with Gasteiger partial charge in [-0.15, -0.1) is 36.2 Å². The molecule has 26 heavy (non-hydrogen) atoms. The number of likely N-dealkylation sites (N-methyl/N-ethyl adjacent to an activating group) is 1. The Hall–Kier alpha value is -0.890. The lowest BCUT2D eigenvalue weighted by molar-refractivity contribution is -0.126. The summed E-state index contributed by atoms with van der Waals surface area (Å²) < 4.78 is 0. The number of halogens is 2. The predicted octanol–water partition coefficient (Wildman–Crippen LogP) is 3.38. The molecule has 1 fully saturated rings. The summed E-state index contributed by atoms with van der Waals surface area (Å²) in [4.78, 5) is 28.8. The molecule has 1 heterocycles. The van der Waals surface area contributed by atoms with Gasteiger partial charge in [0.1, 0.15) is 0 Å². The van der Waals surface area contributed by atoms with Crippen LogP contribution in [0.1, 0.15) is 51.9 Å². The second kappa shape index (κ2) is 12.5. The van der Waals surface area contributed by atoms with Crippen molar-refractivity contribution in [3.63, 3.8) is 0 Å². The summed E-state index contributed by atoms with van der Waals surface area (Å²) in [5.74, 6) is 0.00397. The number of hydrogen-bond acceptors (Lipinski definition) is 5. The van der Waals surface area contributed by atoms with Gasteiger partial charge in [0.05, 0.1) is 0 Å². The molecule has 3 N–H and O–H groups in total. The maximum Gasteiger partial charge on any atom is 0.226 e. The van der Waals surface area contributed by atoms with Gasteiger partial charge < -0.3 is 16.0 Å². The van der Waals surface area contributed by atoms with Crippen LogP contribution in [0.15, 0.2) is 11.6 Å². The lowest BCUT2D eigenvalue weighted by Crippen LogP contribution is -2.40. The van der Waals surface area contributed by atoms with Gasteiger partial charge >= 0.3 is 0 Å². The summed E-state index contributed by atoms with van der Waals surface area (Å²) in [5, 5.41) is 11.4. The molecular formula is C17H30Cl2N4O2S. The zero-order valence-corrected chi connectivity index (χ0v) is 17.8. The van der Waals surface area contributed by atoms with Gasteiger partial charge in [0, 0.05) is 37.0 Å². The SMILES string of the molecule is CNC(C)CNC(=O)CC1(CC(=O)Nc2nccs2)CCCCC1.Cl.Cl. The molecule has 0 aromatic carbocycles. The van der Waals surface area contributed by atoms with Crippen molar-refractivity contribution in [2.45, 2.75) is 57.9 Å². The number of carbonyl (C=O) groups is 2. The van der Waals surface area contributed by atoms with Crippen LogP contribution in [0, 0.1) is 5.41 Å². The Balaban J connectivity index is 0.00000312. The van der Waals surface area contributed by atoms with E-state index in [1.165, 1.54) is 17.8 Å². The Kier molecular flexibility index (Phi) is 12.1. The number of hydrogen-bond donors (Lipinski definition) is 3. The van der Waals surface area contributed by atoms with Crippen LogP contribution in [0.25, 0.3) is 0 Å². The molecule has 1 aromatic heterocycles. The fourth-order valence-electron chi connectivity index (χ4n) is 3.28. The lowest BCUT2D eigenvalue weighted by atomic mass is 9.69. The summed E-state index contributed by atoms with van der Waals surface area (Å²) in [5.41, 5.74) is -0.216. The van der Waals surface area contributed by atoms with E-state index in [9.17, 15) is 9.59 Å². The van der Waals surface area contributed by atoms with E-state index < -0.39 is 0 Å². The van der Waals surface area contributed by atoms with Crippen molar-refractivity contribution in [1.29, 1.82) is 0 Å². The average Bonchev–Trinajstić information content (AvgIpc) is 3.05. The first-order valence-electron chi connectivity index (χ1n) is 8.66. The Labute approximate surface area is 172 Å². The molecule has 1 aliphatic carbocycles. The van der Waals surface area contributed by atoms with Gasteiger partial charge in [-0.05, 0) is 32.2 Å². The average molecular weight is 425 g/mol. The maximum absolute atomic E-state index is 12.4. The fraction of sp³-hybridized carbons (Fsp3) is 0.706. The minimum Gasteiger partial charge on any atom is -0.355 e. The largest absolute Gasteiger partial charge is 0.355 e. The molecule has 0 saturated heterocycles. The quantitative estimate of drug-likeness (QED) is 0.596. The van der Waals surface area contributed by atoms with Crippen molar-refractivity contribution in [2.24, 2.45) is 5.41 Å². The van der Waals surface area contributed by atoms with Gasteiger partial charge in [0.2, 0.25) is 11.8 Å². The van der Waals surface area contributed by atoms with Gasteiger partial charge in [-0.2, -0.15) is 0 Å². The molecule has 1 unspecified atom stereocenters. The number of thiazole rings is 1. The van der Waals surface area contributed by atoms with E-state index in [1.54, 1.807) is 6.20 Å². The third-order valence-electron chi connectivity index (χ3n) is 4.76. The molecule has 0 spiro atoms. The smallest absolute Gasteiger partial charge is 0.226 e. The number of rotatable bonds is 8. The fourth-order valence-corrected chi connectivity index (χ4v) is 3.82. The zero-order chi connectivity index (χ0) is 17.4. The lowest BCUT2D eigenvalue weighted by Gasteiger charge is -2.36. The van der Waals surface area contributed by atoms with Crippen molar-refractivity contribution in [3.8, 4) is 0 Å². The first-order chi connectivity index (χ1) is 11.5. The Bertz CT molecular complexity index is 537. The van der Waals surface area contributed by atoms with Gasteiger partial charge in [-0.1, -0.05) is 19.3 Å². The molecule has 1 aliphatic rings. The van der Waals surface area contributed by atoms with Crippen LogP contribution >= 0.6 is 36.2 Å². The van der Waals surface area contributed by atoms with Gasteiger partial charge in [-0.3, -0.25) is 9.59 Å². The van der Waals surface area contributed by atoms with Crippen molar-refractivity contribution >= 4 is 53.1 Å². The Morgan fingerprint density at radius 3 is 2.42 bits per heavy atom. The van der Waals surface area contributed by atoms with Crippen LogP contribution in [0.3, 0.4) is 0 Å². The standard InChI is InChI=1S/C17H28N4O2S.2ClH/c1-13(18-2)12-20-14(22)10-17(6-4-3-5-7-17)11-15(23)21-16-19-8-9-24-16;;/h8-9,13,18H,3-7,10-12H2,1-2H3,(H,20,22)(H,19,21,23);2*1H. The summed E-state index contributed by atoms with van der Waals surface area (Å²) in [6, 6.07) is 0.240. The van der Waals surface area contributed by atoms with E-state index in [0.717, 1.165) is 25.7 Å². The minimum absolute atomic E-state index is 0. The van der Waals surface area contributed by atoms with Gasteiger partial charge in [0.15, 0.2) is 5.13 Å². The van der Waals surface area contributed by atoms with E-state index in [1.807, 2.05) is 19.4 Å². The summed E-state index contributed by atoms with van der Waals surface area (Å²) in [7, 11) is 1.88. The van der Waals surface area contributed by atoms with E-state index in [4.69, 9.17) is 0 Å². The predicted molar refractivity (Wildman–Crippen MR) is 112 cm³/mol. The third kappa shape index (κ3) is 8.20. The molecule has 0 radical (unpaired) electrons. The number of anilines is 1. The van der Waals surface area contributed by atoms with Crippen molar-refractivity contribution in [3.05, 3.63) is 11.6 Å². The number of amides is 2. The van der Waals surface area contributed by atoms with Crippen LogP contribution < -0.4 is 16.0 Å². The molecule has 6 nitrogen and oxygen atoms in total. The molecule has 0 bridgehead atoms. The number of nitrogens with one attached hydrogen (secondary N) is 3. The second-order valence-electron chi connectivity index (χ2n) is 6.79. The molecule has 0 aliphatic heterocycles. The number of aromatic nitrogens is 1. The highest BCUT2D eigenvalue weighted by Crippen LogP contribution is 2.42. The first-order valence-corrected chi connectivity index (χ1v) is 9.54. The molecule has 2 amide bonds. The Morgan fingerprint density at radius 2 is 1.85 bits per heavy atom. The second-order valence-corrected chi connectivity index (χ2v) is 7.69. The van der Waals surface area contributed by atoms with Crippen molar-refractivity contribution in [2.75, 3.05) is 18.9 Å². The normalized spacial score (nSPS) is 16.5. The molecule has 1 saturated carbocycles. The minimum atomic E-state index is -0.216. The van der Waals surface area contributed by atoms with Crippen LogP contribution in [0.5, 0.6) is 0 Å². The maximum atomic E-state index is 12.4. The van der Waals surface area contributed by atoms with E-state index in [0.29, 0.717) is 24.5 Å². The highest BCUT2D eigenvalue weighted by Gasteiger charge is 2.36. The van der Waals surface area contributed by atoms with Gasteiger partial charge in [-0.25, -0.2) is 4.98 Å². The van der Waals surface area contributed by atoms with Crippen LogP contribution in [-0.2, 0) is 9.59 Å². The monoisotopic (exact) mass is 424 g/mol. The highest BCUT2D eigenvalue weighted by molar-refractivity contribution is 7.13. The molecule has 1 aromatic rings. The highest BCUT2D eigenvalue weighted by atomic mass is 35.5. The van der Waals surface area contributed by atoms with Crippen molar-refractivity contribution < 1.29 is 9.59 Å². The number of nitrogens with zero attached hydrogens (tertiary/aromatic N) is 1. The number of carbonyl (C=O) groups excluding carboxylic acids is 2. The van der Waals surface area contributed by atoms with E-state index in [-0.39, 0.29) is 48.1 Å². The van der Waals surface area contributed by atoms with E-state index in [2.05, 4.69) is 20.9 Å². The molecular weight excluding hydrogens is 395 g/mol. The van der Waals surface area contributed by atoms with Crippen LogP contribution in [0.4, 0.5) is 5.13 Å². The Morgan fingerprint density at radius 1 is 1.19 bits per heavy atom. The van der Waals surface area contributed by atoms with Crippen molar-refractivity contribution in [1.82, 2.24) is 15.6 Å². The van der Waals surface area contributed by atoms with Crippen LogP contribution in [-0.4, -0.2) is 36.4 Å². The van der Waals surface area contributed by atoms with Crippen LogP contribution in [0.2, 0.25) is 0 Å². The van der Waals surface area contributed by atoms with Gasteiger partial charge in [0.25, 0.3) is 0 Å².